The third-order valence-corrected chi connectivity index (χ3v) is 7.42. The molecule has 1 fully saturated rings. The van der Waals surface area contributed by atoms with Crippen LogP contribution in [0.15, 0.2) is 41.3 Å². The first-order valence-corrected chi connectivity index (χ1v) is 11.4. The van der Waals surface area contributed by atoms with Gasteiger partial charge in [-0.05, 0) is 56.0 Å². The second-order valence-electron chi connectivity index (χ2n) is 8.02. The van der Waals surface area contributed by atoms with Gasteiger partial charge in [-0.3, -0.25) is 14.4 Å². The standard InChI is InChI=1S/C22H23N3O5S/c1-13-5-4-6-14(2)20(13)23-19(26)12-24(3)21(27)15-7-10-17-18(11-15)31(29,30)25(22(17)28)16-8-9-16/h4-7,10-11,16H,8-9,12H2,1-3H3,(H,23,26). The number of fused-ring (bicyclic) bond motifs is 1. The van der Waals surface area contributed by atoms with Crippen LogP contribution < -0.4 is 5.32 Å². The first-order chi connectivity index (χ1) is 14.6. The molecule has 0 atom stereocenters. The lowest BCUT2D eigenvalue weighted by atomic mass is 10.1. The van der Waals surface area contributed by atoms with Crippen LogP contribution >= 0.6 is 0 Å². The van der Waals surface area contributed by atoms with Gasteiger partial charge in [0.1, 0.15) is 4.90 Å². The van der Waals surface area contributed by atoms with E-state index in [9.17, 15) is 22.8 Å². The van der Waals surface area contributed by atoms with Crippen molar-refractivity contribution in [3.63, 3.8) is 0 Å². The van der Waals surface area contributed by atoms with Gasteiger partial charge in [0.2, 0.25) is 5.91 Å². The number of rotatable bonds is 5. The summed E-state index contributed by atoms with van der Waals surface area (Å²) in [5, 5.41) is 2.82. The van der Waals surface area contributed by atoms with Crippen LogP contribution in [0.5, 0.6) is 0 Å². The Hall–Kier alpha value is -3.20. The second kappa shape index (κ2) is 7.49. The summed E-state index contributed by atoms with van der Waals surface area (Å²) in [7, 11) is -2.49. The van der Waals surface area contributed by atoms with Gasteiger partial charge in [0, 0.05) is 24.3 Å². The maximum atomic E-state index is 12.8. The highest BCUT2D eigenvalue weighted by molar-refractivity contribution is 7.90. The van der Waals surface area contributed by atoms with Crippen LogP contribution in [0.4, 0.5) is 5.69 Å². The molecule has 162 valence electrons. The molecule has 4 rings (SSSR count). The molecule has 2 aliphatic rings. The summed E-state index contributed by atoms with van der Waals surface area (Å²) >= 11 is 0. The van der Waals surface area contributed by atoms with Gasteiger partial charge in [-0.2, -0.15) is 0 Å². The van der Waals surface area contributed by atoms with Crippen molar-refractivity contribution in [2.45, 2.75) is 37.6 Å². The zero-order valence-corrected chi connectivity index (χ0v) is 18.3. The Morgan fingerprint density at radius 3 is 2.39 bits per heavy atom. The van der Waals surface area contributed by atoms with Crippen molar-refractivity contribution < 1.29 is 22.8 Å². The Morgan fingerprint density at radius 1 is 1.13 bits per heavy atom. The summed E-state index contributed by atoms with van der Waals surface area (Å²) in [5.41, 5.74) is 2.72. The van der Waals surface area contributed by atoms with Gasteiger partial charge in [-0.25, -0.2) is 12.7 Å². The number of carbonyl (C=O) groups excluding carboxylic acids is 3. The Labute approximate surface area is 180 Å². The van der Waals surface area contributed by atoms with E-state index in [1.165, 1.54) is 30.1 Å². The van der Waals surface area contributed by atoms with E-state index in [4.69, 9.17) is 0 Å². The van der Waals surface area contributed by atoms with E-state index < -0.39 is 21.8 Å². The molecule has 0 radical (unpaired) electrons. The smallest absolute Gasteiger partial charge is 0.269 e. The SMILES string of the molecule is Cc1cccc(C)c1NC(=O)CN(C)C(=O)c1ccc2c(c1)S(=O)(=O)N(C1CC1)C2=O. The van der Waals surface area contributed by atoms with Crippen LogP contribution in [-0.4, -0.2) is 55.0 Å². The number of nitrogens with zero attached hydrogens (tertiary/aromatic N) is 2. The predicted molar refractivity (Wildman–Crippen MR) is 114 cm³/mol. The number of aryl methyl sites for hydroxylation is 2. The molecule has 2 aromatic rings. The third kappa shape index (κ3) is 3.69. The topological polar surface area (TPSA) is 104 Å². The minimum absolute atomic E-state index is 0.0823. The normalized spacial score (nSPS) is 16.7. The largest absolute Gasteiger partial charge is 0.332 e. The number of hydrogen-bond donors (Lipinski definition) is 1. The highest BCUT2D eigenvalue weighted by Gasteiger charge is 2.48. The third-order valence-electron chi connectivity index (χ3n) is 5.55. The number of sulfonamides is 1. The molecule has 1 N–H and O–H groups in total. The first-order valence-electron chi connectivity index (χ1n) is 9.95. The summed E-state index contributed by atoms with van der Waals surface area (Å²) in [4.78, 5) is 38.9. The minimum Gasteiger partial charge on any atom is -0.332 e. The zero-order chi connectivity index (χ0) is 22.5. The molecule has 0 aromatic heterocycles. The molecule has 0 unspecified atom stereocenters. The predicted octanol–water partition coefficient (Wildman–Crippen LogP) is 2.32. The lowest BCUT2D eigenvalue weighted by Gasteiger charge is -2.18. The Morgan fingerprint density at radius 2 is 1.77 bits per heavy atom. The molecule has 0 bridgehead atoms. The van der Waals surface area contributed by atoms with Gasteiger partial charge in [-0.15, -0.1) is 0 Å². The quantitative estimate of drug-likeness (QED) is 0.767. The summed E-state index contributed by atoms with van der Waals surface area (Å²) < 4.78 is 26.5. The second-order valence-corrected chi connectivity index (χ2v) is 9.81. The summed E-state index contributed by atoms with van der Waals surface area (Å²) in [6, 6.07) is 9.39. The number of hydrogen-bond acceptors (Lipinski definition) is 5. The van der Waals surface area contributed by atoms with Crippen molar-refractivity contribution in [1.82, 2.24) is 9.21 Å². The lowest BCUT2D eigenvalue weighted by Crippen LogP contribution is -2.35. The molecule has 0 spiro atoms. The molecule has 1 aliphatic heterocycles. The molecule has 3 amide bonds. The van der Waals surface area contributed by atoms with E-state index in [1.54, 1.807) is 0 Å². The van der Waals surface area contributed by atoms with Gasteiger partial charge in [0.05, 0.1) is 12.1 Å². The molecule has 1 heterocycles. The summed E-state index contributed by atoms with van der Waals surface area (Å²) in [6.45, 7) is 3.56. The molecule has 31 heavy (non-hydrogen) atoms. The number of carbonyl (C=O) groups is 3. The van der Waals surface area contributed by atoms with E-state index in [-0.39, 0.29) is 34.5 Å². The number of anilines is 1. The van der Waals surface area contributed by atoms with E-state index in [1.807, 2.05) is 32.0 Å². The van der Waals surface area contributed by atoms with Crippen molar-refractivity contribution in [3.8, 4) is 0 Å². The molecule has 0 saturated heterocycles. The van der Waals surface area contributed by atoms with Crippen LogP contribution in [0.3, 0.4) is 0 Å². The van der Waals surface area contributed by atoms with Gasteiger partial charge in [0.25, 0.3) is 21.8 Å². The van der Waals surface area contributed by atoms with Crippen LogP contribution in [0, 0.1) is 13.8 Å². The Balaban J connectivity index is 1.51. The first kappa shape index (κ1) is 21.0. The van der Waals surface area contributed by atoms with Crippen molar-refractivity contribution in [1.29, 1.82) is 0 Å². The highest BCUT2D eigenvalue weighted by Crippen LogP contribution is 2.39. The maximum absolute atomic E-state index is 12.8. The molecular weight excluding hydrogens is 418 g/mol. The lowest BCUT2D eigenvalue weighted by molar-refractivity contribution is -0.116. The van der Waals surface area contributed by atoms with Crippen molar-refractivity contribution in [2.75, 3.05) is 18.9 Å². The Kier molecular flexibility index (Phi) is 5.09. The number of likely N-dealkylation sites (N-methyl/N-ethyl adjacent to an activating group) is 1. The number of benzene rings is 2. The molecule has 9 heteroatoms. The van der Waals surface area contributed by atoms with Gasteiger partial charge < -0.3 is 10.2 Å². The number of amides is 3. The van der Waals surface area contributed by atoms with Gasteiger partial charge in [0.15, 0.2) is 0 Å². The van der Waals surface area contributed by atoms with Crippen LogP contribution in [-0.2, 0) is 14.8 Å². The summed E-state index contributed by atoms with van der Waals surface area (Å²) in [6.07, 6.45) is 1.31. The van der Waals surface area contributed by atoms with Gasteiger partial charge >= 0.3 is 0 Å². The number of para-hydroxylation sites is 1. The Bertz CT molecular complexity index is 1200. The molecular formula is C22H23N3O5S. The van der Waals surface area contributed by atoms with Crippen LogP contribution in [0.2, 0.25) is 0 Å². The molecule has 1 aliphatic carbocycles. The maximum Gasteiger partial charge on any atom is 0.269 e. The van der Waals surface area contributed by atoms with E-state index in [0.29, 0.717) is 18.5 Å². The molecule has 2 aromatic carbocycles. The highest BCUT2D eigenvalue weighted by atomic mass is 32.2. The van der Waals surface area contributed by atoms with Gasteiger partial charge in [-0.1, -0.05) is 18.2 Å². The van der Waals surface area contributed by atoms with Crippen molar-refractivity contribution >= 4 is 33.4 Å². The monoisotopic (exact) mass is 441 g/mol. The van der Waals surface area contributed by atoms with Crippen LogP contribution in [0.25, 0.3) is 0 Å². The molecule has 1 saturated carbocycles. The van der Waals surface area contributed by atoms with E-state index in [2.05, 4.69) is 5.32 Å². The van der Waals surface area contributed by atoms with E-state index >= 15 is 0 Å². The van der Waals surface area contributed by atoms with E-state index in [0.717, 1.165) is 15.4 Å². The van der Waals surface area contributed by atoms with Crippen molar-refractivity contribution in [2.24, 2.45) is 0 Å². The zero-order valence-electron chi connectivity index (χ0n) is 17.5. The molecule has 8 nitrogen and oxygen atoms in total. The van der Waals surface area contributed by atoms with Crippen molar-refractivity contribution in [3.05, 3.63) is 58.7 Å². The fourth-order valence-corrected chi connectivity index (χ4v) is 5.59. The van der Waals surface area contributed by atoms with Crippen LogP contribution in [0.1, 0.15) is 44.7 Å². The summed E-state index contributed by atoms with van der Waals surface area (Å²) in [5.74, 6) is -1.41. The average Bonchev–Trinajstić information content (AvgIpc) is 3.51. The average molecular weight is 442 g/mol. The fraction of sp³-hybridized carbons (Fsp3) is 0.318. The minimum atomic E-state index is -3.95. The number of nitrogens with one attached hydrogen (secondary N) is 1. The fourth-order valence-electron chi connectivity index (χ4n) is 3.75.